The highest BCUT2D eigenvalue weighted by Gasteiger charge is 2.13. The minimum atomic E-state index is 0. The fraction of sp³-hybridized carbons (Fsp3) is 0.520. The van der Waals surface area contributed by atoms with Gasteiger partial charge in [0, 0.05) is 44.5 Å². The highest BCUT2D eigenvalue weighted by atomic mass is 127. The Morgan fingerprint density at radius 3 is 2.58 bits per heavy atom. The van der Waals surface area contributed by atoms with E-state index in [0.29, 0.717) is 19.0 Å². The van der Waals surface area contributed by atoms with Crippen molar-refractivity contribution in [1.82, 2.24) is 20.5 Å². The minimum absolute atomic E-state index is 0. The Kier molecular flexibility index (Phi) is 13.1. The summed E-state index contributed by atoms with van der Waals surface area (Å²) in [6.07, 6.45) is 3.89. The fourth-order valence-corrected chi connectivity index (χ4v) is 3.56. The number of aromatic nitrogens is 1. The number of benzene rings is 1. The van der Waals surface area contributed by atoms with Gasteiger partial charge in [-0.25, -0.2) is 9.98 Å². The molecule has 1 saturated heterocycles. The molecule has 0 radical (unpaired) electrons. The lowest BCUT2D eigenvalue weighted by atomic mass is 10.1. The maximum absolute atomic E-state index is 5.85. The zero-order valence-electron chi connectivity index (χ0n) is 19.9. The topological polar surface area (TPSA) is 71.0 Å². The first kappa shape index (κ1) is 27.3. The number of hydrogen-bond acceptors (Lipinski definition) is 5. The number of rotatable bonds is 11. The molecule has 1 aliphatic rings. The Labute approximate surface area is 215 Å². The maximum Gasteiger partial charge on any atom is 0.218 e. The number of nitrogens with zero attached hydrogens (tertiary/aromatic N) is 3. The van der Waals surface area contributed by atoms with Crippen molar-refractivity contribution in [3.05, 3.63) is 59.3 Å². The Morgan fingerprint density at radius 2 is 1.82 bits per heavy atom. The number of unbranched alkanes of at least 4 members (excludes halogenated alkanes) is 1. The zero-order chi connectivity index (χ0) is 22.4. The standard InChI is InChI=1S/C25H37N5O2.HI/c1-3-5-15-32-24-22(11-8-12-27-24)19-29-25(26-4-2)28-18-21-9-6-7-10-23(21)20-30-13-16-31-17-14-30;/h6-12H,3-5,13-20H2,1-2H3,(H2,26,28,29);1H. The lowest BCUT2D eigenvalue weighted by Gasteiger charge is -2.27. The molecule has 0 spiro atoms. The molecule has 1 aliphatic heterocycles. The van der Waals surface area contributed by atoms with Gasteiger partial charge in [0.05, 0.1) is 26.4 Å². The van der Waals surface area contributed by atoms with Crippen molar-refractivity contribution < 1.29 is 9.47 Å². The first-order valence-corrected chi connectivity index (χ1v) is 11.8. The van der Waals surface area contributed by atoms with Crippen LogP contribution in [-0.2, 0) is 24.4 Å². The van der Waals surface area contributed by atoms with Gasteiger partial charge in [0.2, 0.25) is 5.88 Å². The number of halogens is 1. The second kappa shape index (κ2) is 15.8. The summed E-state index contributed by atoms with van der Waals surface area (Å²) in [6.45, 7) is 11.5. The van der Waals surface area contributed by atoms with E-state index >= 15 is 0 Å². The minimum Gasteiger partial charge on any atom is -0.477 e. The molecule has 1 fully saturated rings. The summed E-state index contributed by atoms with van der Waals surface area (Å²) < 4.78 is 11.3. The largest absolute Gasteiger partial charge is 0.477 e. The van der Waals surface area contributed by atoms with Crippen LogP contribution in [0.5, 0.6) is 5.88 Å². The van der Waals surface area contributed by atoms with Crippen LogP contribution in [0.2, 0.25) is 0 Å². The van der Waals surface area contributed by atoms with Crippen molar-refractivity contribution in [2.24, 2.45) is 4.99 Å². The lowest BCUT2D eigenvalue weighted by Crippen LogP contribution is -2.38. The van der Waals surface area contributed by atoms with E-state index in [1.54, 1.807) is 6.20 Å². The van der Waals surface area contributed by atoms with Gasteiger partial charge in [-0.2, -0.15) is 0 Å². The Hall–Kier alpha value is -1.91. The van der Waals surface area contributed by atoms with Gasteiger partial charge in [0.15, 0.2) is 5.96 Å². The van der Waals surface area contributed by atoms with E-state index < -0.39 is 0 Å². The number of aliphatic imine (C=N–C) groups is 1. The van der Waals surface area contributed by atoms with Crippen molar-refractivity contribution >= 4 is 29.9 Å². The number of morpholine rings is 1. The molecular weight excluding hydrogens is 529 g/mol. The monoisotopic (exact) mass is 567 g/mol. The van der Waals surface area contributed by atoms with Crippen LogP contribution in [0.25, 0.3) is 0 Å². The molecule has 3 rings (SSSR count). The molecule has 0 aliphatic carbocycles. The van der Waals surface area contributed by atoms with Crippen LogP contribution >= 0.6 is 24.0 Å². The average molecular weight is 568 g/mol. The molecule has 0 bridgehead atoms. The van der Waals surface area contributed by atoms with Gasteiger partial charge < -0.3 is 20.1 Å². The second-order valence-corrected chi connectivity index (χ2v) is 7.88. The summed E-state index contributed by atoms with van der Waals surface area (Å²) in [4.78, 5) is 11.6. The van der Waals surface area contributed by atoms with E-state index in [0.717, 1.165) is 70.3 Å². The second-order valence-electron chi connectivity index (χ2n) is 7.88. The van der Waals surface area contributed by atoms with E-state index in [1.165, 1.54) is 11.1 Å². The van der Waals surface area contributed by atoms with Crippen molar-refractivity contribution in [2.75, 3.05) is 39.5 Å². The number of pyridine rings is 1. The van der Waals surface area contributed by atoms with Crippen molar-refractivity contribution in [3.63, 3.8) is 0 Å². The van der Waals surface area contributed by atoms with Crippen molar-refractivity contribution in [1.29, 1.82) is 0 Å². The van der Waals surface area contributed by atoms with E-state index in [4.69, 9.17) is 14.5 Å². The van der Waals surface area contributed by atoms with E-state index in [1.807, 2.05) is 12.1 Å². The number of guanidine groups is 1. The molecule has 1 aromatic carbocycles. The van der Waals surface area contributed by atoms with Gasteiger partial charge in [-0.05, 0) is 30.5 Å². The summed E-state index contributed by atoms with van der Waals surface area (Å²) in [5.74, 6) is 1.47. The molecule has 1 aromatic heterocycles. The molecule has 0 amide bonds. The summed E-state index contributed by atoms with van der Waals surface area (Å²) >= 11 is 0. The number of ether oxygens (including phenoxy) is 2. The van der Waals surface area contributed by atoms with Crippen LogP contribution in [0.4, 0.5) is 0 Å². The summed E-state index contributed by atoms with van der Waals surface area (Å²) in [5.41, 5.74) is 3.62. The van der Waals surface area contributed by atoms with Crippen LogP contribution in [0.15, 0.2) is 47.6 Å². The van der Waals surface area contributed by atoms with Gasteiger partial charge in [0.1, 0.15) is 0 Å². The molecular formula is C25H38IN5O2. The third-order valence-electron chi connectivity index (χ3n) is 5.40. The molecule has 8 heteroatoms. The SMILES string of the molecule is CCCCOc1ncccc1CN=C(NCC)NCc1ccccc1CN1CCOCC1.I. The Morgan fingerprint density at radius 1 is 1.06 bits per heavy atom. The summed E-state index contributed by atoms with van der Waals surface area (Å²) in [6, 6.07) is 12.6. The van der Waals surface area contributed by atoms with Crippen LogP contribution in [0, 0.1) is 0 Å². The number of hydrogen-bond donors (Lipinski definition) is 2. The first-order chi connectivity index (χ1) is 15.8. The highest BCUT2D eigenvalue weighted by molar-refractivity contribution is 14.0. The Bertz CT molecular complexity index is 843. The van der Waals surface area contributed by atoms with Gasteiger partial charge in [-0.1, -0.05) is 43.7 Å². The maximum atomic E-state index is 5.85. The third kappa shape index (κ3) is 9.46. The molecule has 33 heavy (non-hydrogen) atoms. The molecule has 7 nitrogen and oxygen atoms in total. The molecule has 0 saturated carbocycles. The fourth-order valence-electron chi connectivity index (χ4n) is 3.56. The van der Waals surface area contributed by atoms with Crippen molar-refractivity contribution in [2.45, 2.75) is 46.3 Å². The van der Waals surface area contributed by atoms with E-state index in [9.17, 15) is 0 Å². The molecule has 182 valence electrons. The van der Waals surface area contributed by atoms with Crippen LogP contribution in [-0.4, -0.2) is 55.3 Å². The summed E-state index contributed by atoms with van der Waals surface area (Å²) in [5, 5.41) is 6.84. The van der Waals surface area contributed by atoms with Gasteiger partial charge in [-0.15, -0.1) is 24.0 Å². The molecule has 0 atom stereocenters. The van der Waals surface area contributed by atoms with Gasteiger partial charge in [0.25, 0.3) is 0 Å². The van der Waals surface area contributed by atoms with Crippen LogP contribution in [0.1, 0.15) is 43.4 Å². The normalized spacial score (nSPS) is 14.4. The van der Waals surface area contributed by atoms with E-state index in [2.05, 4.69) is 58.6 Å². The van der Waals surface area contributed by atoms with Gasteiger partial charge in [-0.3, -0.25) is 4.90 Å². The first-order valence-electron chi connectivity index (χ1n) is 11.8. The van der Waals surface area contributed by atoms with Gasteiger partial charge >= 0.3 is 0 Å². The predicted octanol–water partition coefficient (Wildman–Crippen LogP) is 3.97. The van der Waals surface area contributed by atoms with Crippen LogP contribution < -0.4 is 15.4 Å². The van der Waals surface area contributed by atoms with Crippen molar-refractivity contribution in [3.8, 4) is 5.88 Å². The molecule has 2 aromatic rings. The van der Waals surface area contributed by atoms with E-state index in [-0.39, 0.29) is 24.0 Å². The highest BCUT2D eigenvalue weighted by Crippen LogP contribution is 2.16. The predicted molar refractivity (Wildman–Crippen MR) is 144 cm³/mol. The quantitative estimate of drug-likeness (QED) is 0.186. The molecule has 0 unspecified atom stereocenters. The Balaban J connectivity index is 0.00000385. The third-order valence-corrected chi connectivity index (χ3v) is 5.40. The molecule has 2 heterocycles. The molecule has 2 N–H and O–H groups in total. The number of nitrogens with one attached hydrogen (secondary N) is 2. The average Bonchev–Trinajstić information content (AvgIpc) is 2.83. The summed E-state index contributed by atoms with van der Waals surface area (Å²) in [7, 11) is 0. The lowest BCUT2D eigenvalue weighted by molar-refractivity contribution is 0.0341. The zero-order valence-corrected chi connectivity index (χ0v) is 22.2. The smallest absolute Gasteiger partial charge is 0.218 e. The van der Waals surface area contributed by atoms with Crippen LogP contribution in [0.3, 0.4) is 0 Å².